The van der Waals surface area contributed by atoms with E-state index in [0.29, 0.717) is 6.07 Å². The zero-order chi connectivity index (χ0) is 26.0. The van der Waals surface area contributed by atoms with Gasteiger partial charge in [-0.3, -0.25) is 4.79 Å². The first-order valence-corrected chi connectivity index (χ1v) is 9.59. The summed E-state index contributed by atoms with van der Waals surface area (Å²) in [6.45, 7) is 0. The number of hydrogen-bond acceptors (Lipinski definition) is 4. The molecule has 0 radical (unpaired) electrons. The number of anilines is 1. The van der Waals surface area contributed by atoms with Crippen molar-refractivity contribution in [1.29, 1.82) is 0 Å². The molecule has 1 amide bonds. The van der Waals surface area contributed by atoms with Crippen molar-refractivity contribution >= 4 is 17.6 Å². The van der Waals surface area contributed by atoms with Crippen LogP contribution < -0.4 is 14.8 Å². The van der Waals surface area contributed by atoms with E-state index in [0.717, 1.165) is 49.6 Å². The number of methoxy groups -OCH3 is 1. The smallest absolute Gasteiger partial charge is 0.458 e. The number of benzene rings is 3. The highest BCUT2D eigenvalue weighted by molar-refractivity contribution is 6.06. The van der Waals surface area contributed by atoms with Gasteiger partial charge in [0.2, 0.25) is 0 Å². The van der Waals surface area contributed by atoms with Gasteiger partial charge in [-0.1, -0.05) is 6.07 Å². The number of hydrogen-bond donors (Lipinski definition) is 2. The minimum Gasteiger partial charge on any atom is -0.493 e. The summed E-state index contributed by atoms with van der Waals surface area (Å²) in [5.74, 6) is -10.5. The van der Waals surface area contributed by atoms with Gasteiger partial charge in [0.1, 0.15) is 11.6 Å². The molecule has 184 valence electrons. The topological polar surface area (TPSA) is 84.9 Å². The predicted molar refractivity (Wildman–Crippen MR) is 111 cm³/mol. The van der Waals surface area contributed by atoms with Crippen LogP contribution in [-0.2, 0) is 5.92 Å². The van der Waals surface area contributed by atoms with Crippen molar-refractivity contribution in [3.63, 3.8) is 0 Å². The highest BCUT2D eigenvalue weighted by Gasteiger charge is 2.60. The summed E-state index contributed by atoms with van der Waals surface area (Å²) in [5, 5.41) is 11.2. The number of alkyl halides is 5. The number of aromatic carboxylic acids is 1. The fraction of sp³-hybridized carbons (Fsp3) is 0.130. The molecule has 3 rings (SSSR count). The molecule has 0 spiro atoms. The third-order valence-corrected chi connectivity index (χ3v) is 4.68. The molecule has 0 fully saturated rings. The van der Waals surface area contributed by atoms with Crippen LogP contribution in [0.1, 0.15) is 26.3 Å². The average Bonchev–Trinajstić information content (AvgIpc) is 2.79. The van der Waals surface area contributed by atoms with Crippen LogP contribution >= 0.6 is 0 Å². The van der Waals surface area contributed by atoms with Crippen molar-refractivity contribution in [1.82, 2.24) is 0 Å². The SMILES string of the molecule is COc1cc(F)ccc1Oc1c(C(=O)Nc2ccc(C(=O)O)cc2)cccc1C(F)(F)C(F)(F)F. The summed E-state index contributed by atoms with van der Waals surface area (Å²) in [6.07, 6.45) is -6.03. The van der Waals surface area contributed by atoms with E-state index in [-0.39, 0.29) is 17.0 Å². The predicted octanol–water partition coefficient (Wildman–Crippen LogP) is 6.23. The monoisotopic (exact) mass is 499 g/mol. The number of ether oxygens (including phenoxy) is 2. The van der Waals surface area contributed by atoms with Crippen molar-refractivity contribution in [2.45, 2.75) is 12.1 Å². The average molecular weight is 499 g/mol. The van der Waals surface area contributed by atoms with Crippen molar-refractivity contribution in [3.8, 4) is 17.2 Å². The zero-order valence-corrected chi connectivity index (χ0v) is 17.6. The lowest BCUT2D eigenvalue weighted by molar-refractivity contribution is -0.289. The summed E-state index contributed by atoms with van der Waals surface area (Å²) >= 11 is 0. The molecule has 12 heteroatoms. The highest BCUT2D eigenvalue weighted by Crippen LogP contribution is 2.49. The molecule has 0 saturated heterocycles. The van der Waals surface area contributed by atoms with Crippen LogP contribution in [-0.4, -0.2) is 30.3 Å². The van der Waals surface area contributed by atoms with Gasteiger partial charge in [-0.05, 0) is 48.5 Å². The van der Waals surface area contributed by atoms with Gasteiger partial charge in [0.15, 0.2) is 11.5 Å². The van der Waals surface area contributed by atoms with Crippen molar-refractivity contribution in [2.75, 3.05) is 12.4 Å². The lowest BCUT2D eigenvalue weighted by Crippen LogP contribution is -2.34. The first kappa shape index (κ1) is 25.4. The number of para-hydroxylation sites is 1. The molecule has 6 nitrogen and oxygen atoms in total. The second-order valence-corrected chi connectivity index (χ2v) is 6.99. The summed E-state index contributed by atoms with van der Waals surface area (Å²) in [4.78, 5) is 23.8. The molecule has 0 bridgehead atoms. The molecule has 0 aliphatic rings. The summed E-state index contributed by atoms with van der Waals surface area (Å²) in [7, 11) is 1.09. The number of halogens is 6. The first-order valence-electron chi connectivity index (χ1n) is 9.59. The Bertz CT molecular complexity index is 1260. The molecule has 0 unspecified atom stereocenters. The van der Waals surface area contributed by atoms with Crippen LogP contribution in [0.15, 0.2) is 60.7 Å². The van der Waals surface area contributed by atoms with E-state index in [1.807, 2.05) is 0 Å². The second kappa shape index (κ2) is 9.57. The van der Waals surface area contributed by atoms with Crippen molar-refractivity contribution < 1.29 is 50.5 Å². The molecular weight excluding hydrogens is 484 g/mol. The Labute approximate surface area is 193 Å². The van der Waals surface area contributed by atoms with Gasteiger partial charge in [0.25, 0.3) is 5.91 Å². The third kappa shape index (κ3) is 5.31. The van der Waals surface area contributed by atoms with Gasteiger partial charge < -0.3 is 19.9 Å². The van der Waals surface area contributed by atoms with Gasteiger partial charge in [-0.2, -0.15) is 22.0 Å². The van der Waals surface area contributed by atoms with Gasteiger partial charge in [0, 0.05) is 11.8 Å². The number of carboxylic acid groups (broad SMARTS) is 1. The van der Waals surface area contributed by atoms with E-state index in [4.69, 9.17) is 14.6 Å². The minimum atomic E-state index is -6.03. The van der Waals surface area contributed by atoms with E-state index in [2.05, 4.69) is 5.32 Å². The third-order valence-electron chi connectivity index (χ3n) is 4.68. The van der Waals surface area contributed by atoms with Gasteiger partial charge >= 0.3 is 18.1 Å². The first-order chi connectivity index (χ1) is 16.3. The quantitative estimate of drug-likeness (QED) is 0.377. The second-order valence-electron chi connectivity index (χ2n) is 6.99. The van der Waals surface area contributed by atoms with E-state index in [1.54, 1.807) is 0 Å². The molecule has 0 aromatic heterocycles. The standard InChI is InChI=1S/C23H15F6NO5/c1-34-18-11-13(24)7-10-17(18)35-19-15(3-2-4-16(19)22(25,26)23(27,28)29)20(31)30-14-8-5-12(6-9-14)21(32)33/h2-11H,1H3,(H,30,31)(H,32,33). The van der Waals surface area contributed by atoms with Crippen molar-refractivity contribution in [3.05, 3.63) is 83.2 Å². The molecule has 0 heterocycles. The Kier molecular flexibility index (Phi) is 6.94. The Hall–Kier alpha value is -4.22. The van der Waals surface area contributed by atoms with E-state index in [1.165, 1.54) is 12.1 Å². The van der Waals surface area contributed by atoms with E-state index in [9.17, 15) is 35.9 Å². The summed E-state index contributed by atoms with van der Waals surface area (Å²) in [6, 6.07) is 9.47. The lowest BCUT2D eigenvalue weighted by Gasteiger charge is -2.24. The fourth-order valence-corrected chi connectivity index (χ4v) is 2.96. The fourth-order valence-electron chi connectivity index (χ4n) is 2.96. The molecule has 0 aliphatic heterocycles. The summed E-state index contributed by atoms with van der Waals surface area (Å²) in [5.41, 5.74) is -2.45. The van der Waals surface area contributed by atoms with E-state index < -0.39 is 52.4 Å². The van der Waals surface area contributed by atoms with Gasteiger partial charge in [-0.15, -0.1) is 0 Å². The van der Waals surface area contributed by atoms with E-state index >= 15 is 0 Å². The van der Waals surface area contributed by atoms with Crippen LogP contribution in [0.2, 0.25) is 0 Å². The number of carbonyl (C=O) groups is 2. The highest BCUT2D eigenvalue weighted by atomic mass is 19.4. The Morgan fingerprint density at radius 1 is 0.914 bits per heavy atom. The van der Waals surface area contributed by atoms with Crippen molar-refractivity contribution in [2.24, 2.45) is 0 Å². The van der Waals surface area contributed by atoms with Crippen LogP contribution in [0.4, 0.5) is 32.0 Å². The number of amides is 1. The zero-order valence-electron chi connectivity index (χ0n) is 17.6. The van der Waals surface area contributed by atoms with Crippen LogP contribution in [0, 0.1) is 5.82 Å². The number of carbonyl (C=O) groups excluding carboxylic acids is 1. The number of carboxylic acids is 1. The van der Waals surface area contributed by atoms with Gasteiger partial charge in [0.05, 0.1) is 23.8 Å². The lowest BCUT2D eigenvalue weighted by atomic mass is 10.0. The Morgan fingerprint density at radius 2 is 1.57 bits per heavy atom. The van der Waals surface area contributed by atoms with Gasteiger partial charge in [-0.25, -0.2) is 9.18 Å². The molecule has 2 N–H and O–H groups in total. The maximum Gasteiger partial charge on any atom is 0.458 e. The number of nitrogens with one attached hydrogen (secondary N) is 1. The molecule has 3 aromatic rings. The maximum absolute atomic E-state index is 14.4. The molecule has 3 aromatic carbocycles. The molecule has 0 saturated carbocycles. The Balaban J connectivity index is 2.11. The summed E-state index contributed by atoms with van der Waals surface area (Å²) < 4.78 is 92.0. The number of rotatable bonds is 7. The molecular formula is C23H15F6NO5. The maximum atomic E-state index is 14.4. The largest absolute Gasteiger partial charge is 0.493 e. The van der Waals surface area contributed by atoms with Crippen LogP contribution in [0.25, 0.3) is 0 Å². The minimum absolute atomic E-state index is 0.0262. The molecule has 35 heavy (non-hydrogen) atoms. The normalized spacial score (nSPS) is 11.6. The molecule has 0 atom stereocenters. The molecule has 0 aliphatic carbocycles. The van der Waals surface area contributed by atoms with Crippen LogP contribution in [0.3, 0.4) is 0 Å². The van der Waals surface area contributed by atoms with Crippen LogP contribution in [0.5, 0.6) is 17.2 Å². The Morgan fingerprint density at radius 3 is 2.14 bits per heavy atom.